The number of hydrogen-bond acceptors (Lipinski definition) is 4. The Hall–Kier alpha value is -2.58. The van der Waals surface area contributed by atoms with E-state index in [2.05, 4.69) is 28.9 Å². The van der Waals surface area contributed by atoms with E-state index >= 15 is 0 Å². The Kier molecular flexibility index (Phi) is 3.51. The lowest BCUT2D eigenvalue weighted by Crippen LogP contribution is -2.66. The monoisotopic (exact) mass is 403 g/mol. The van der Waals surface area contributed by atoms with Gasteiger partial charge in [0.2, 0.25) is 11.9 Å². The molecule has 2 fully saturated rings. The van der Waals surface area contributed by atoms with Gasteiger partial charge in [-0.1, -0.05) is 13.8 Å². The van der Waals surface area contributed by atoms with Crippen molar-refractivity contribution in [3.63, 3.8) is 0 Å². The zero-order valence-corrected chi connectivity index (χ0v) is 16.7. The minimum absolute atomic E-state index is 0.00691. The van der Waals surface area contributed by atoms with Gasteiger partial charge in [0, 0.05) is 36.9 Å². The number of rotatable bonds is 2. The van der Waals surface area contributed by atoms with Gasteiger partial charge in [-0.2, -0.15) is 5.10 Å². The summed E-state index contributed by atoms with van der Waals surface area (Å²) in [5, 5.41) is 4.26. The number of aromatic amines is 1. The maximum absolute atomic E-state index is 13.2. The molecule has 1 spiro atoms. The van der Waals surface area contributed by atoms with Gasteiger partial charge in [0.05, 0.1) is 23.1 Å². The summed E-state index contributed by atoms with van der Waals surface area (Å²) in [5.74, 6) is -2.52. The highest BCUT2D eigenvalue weighted by molar-refractivity contribution is 5.95. The summed E-state index contributed by atoms with van der Waals surface area (Å²) in [6.07, 6.45) is 2.57. The summed E-state index contributed by atoms with van der Waals surface area (Å²) >= 11 is 0. The van der Waals surface area contributed by atoms with Crippen LogP contribution in [0, 0.1) is 17.8 Å². The van der Waals surface area contributed by atoms with E-state index in [9.17, 15) is 18.4 Å². The van der Waals surface area contributed by atoms with Crippen molar-refractivity contribution in [3.8, 4) is 5.95 Å². The van der Waals surface area contributed by atoms with Crippen LogP contribution in [0.3, 0.4) is 0 Å². The first-order valence-corrected chi connectivity index (χ1v) is 9.82. The number of aromatic nitrogens is 4. The topological polar surface area (TPSA) is 83.9 Å². The number of carbonyl (C=O) groups is 1. The van der Waals surface area contributed by atoms with Gasteiger partial charge in [-0.3, -0.25) is 14.6 Å². The lowest BCUT2D eigenvalue weighted by atomic mass is 9.61. The number of likely N-dealkylation sites (tertiary alicyclic amines) is 1. The normalized spacial score (nSPS) is 22.9. The number of H-pyrrole nitrogens is 1. The van der Waals surface area contributed by atoms with Crippen molar-refractivity contribution in [1.29, 1.82) is 0 Å². The summed E-state index contributed by atoms with van der Waals surface area (Å²) in [4.78, 5) is 34.3. The molecule has 2 aromatic heterocycles. The van der Waals surface area contributed by atoms with Crippen molar-refractivity contribution in [2.24, 2.45) is 10.8 Å². The van der Waals surface area contributed by atoms with Crippen molar-refractivity contribution in [2.45, 2.75) is 52.4 Å². The molecule has 29 heavy (non-hydrogen) atoms. The third kappa shape index (κ3) is 2.81. The third-order valence-electron chi connectivity index (χ3n) is 6.44. The fourth-order valence-corrected chi connectivity index (χ4v) is 5.13. The fraction of sp³-hybridized carbons (Fsp3) is 0.600. The maximum Gasteiger partial charge on any atom is 0.257 e. The molecule has 0 bridgehead atoms. The first kappa shape index (κ1) is 18.4. The summed E-state index contributed by atoms with van der Waals surface area (Å²) in [6, 6.07) is 0. The molecule has 154 valence electrons. The van der Waals surface area contributed by atoms with Crippen molar-refractivity contribution in [2.75, 3.05) is 13.1 Å². The lowest BCUT2D eigenvalue weighted by molar-refractivity contribution is -0.203. The molecule has 2 aliphatic carbocycles. The first-order chi connectivity index (χ1) is 13.5. The van der Waals surface area contributed by atoms with Gasteiger partial charge in [0.25, 0.3) is 11.5 Å². The zero-order valence-electron chi connectivity index (χ0n) is 16.7. The van der Waals surface area contributed by atoms with Gasteiger partial charge < -0.3 is 4.90 Å². The van der Waals surface area contributed by atoms with Gasteiger partial charge in [0.15, 0.2) is 0 Å². The number of alkyl halides is 2. The van der Waals surface area contributed by atoms with E-state index in [-0.39, 0.29) is 29.7 Å². The van der Waals surface area contributed by atoms with E-state index in [0.717, 1.165) is 5.69 Å². The molecule has 7 nitrogen and oxygen atoms in total. The molecule has 9 heteroatoms. The number of carbonyl (C=O) groups excluding carboxylic acids is 1. The van der Waals surface area contributed by atoms with Crippen LogP contribution in [0.25, 0.3) is 5.95 Å². The Balaban J connectivity index is 1.38. The quantitative estimate of drug-likeness (QED) is 0.834. The van der Waals surface area contributed by atoms with E-state index < -0.39 is 11.3 Å². The van der Waals surface area contributed by atoms with Gasteiger partial charge in [0.1, 0.15) is 0 Å². The van der Waals surface area contributed by atoms with Crippen LogP contribution >= 0.6 is 0 Å². The fourth-order valence-electron chi connectivity index (χ4n) is 5.13. The molecule has 1 saturated carbocycles. The van der Waals surface area contributed by atoms with Gasteiger partial charge in [-0.05, 0) is 25.2 Å². The van der Waals surface area contributed by atoms with Crippen molar-refractivity contribution >= 4 is 5.91 Å². The molecular weight excluding hydrogens is 380 g/mol. The summed E-state index contributed by atoms with van der Waals surface area (Å²) in [6.45, 7) is 6.65. The Morgan fingerprint density at radius 1 is 1.21 bits per heavy atom. The Labute approximate surface area is 166 Å². The second-order valence-corrected chi connectivity index (χ2v) is 9.76. The van der Waals surface area contributed by atoms with Crippen LogP contribution in [0.4, 0.5) is 8.78 Å². The SMILES string of the molecule is Cc1c(C(=O)N2CC3(C2)CC(F)(F)C3)cnn1-c1nc2c(c(=O)[nH]1)CC(C)(C)C2. The number of halogens is 2. The Morgan fingerprint density at radius 2 is 1.90 bits per heavy atom. The molecule has 1 N–H and O–H groups in total. The molecule has 0 atom stereocenters. The molecule has 2 aromatic rings. The van der Waals surface area contributed by atoms with Crippen LogP contribution in [-0.2, 0) is 12.8 Å². The van der Waals surface area contributed by atoms with Gasteiger partial charge in [-0.25, -0.2) is 18.4 Å². The smallest absolute Gasteiger partial charge is 0.257 e. The summed E-state index contributed by atoms with van der Waals surface area (Å²) < 4.78 is 27.8. The predicted molar refractivity (Wildman–Crippen MR) is 100 cm³/mol. The van der Waals surface area contributed by atoms with Crippen LogP contribution in [0.1, 0.15) is 54.0 Å². The van der Waals surface area contributed by atoms with Crippen molar-refractivity contribution in [3.05, 3.63) is 39.1 Å². The molecule has 0 unspecified atom stereocenters. The Bertz CT molecular complexity index is 1080. The van der Waals surface area contributed by atoms with Crippen molar-refractivity contribution in [1.82, 2.24) is 24.6 Å². The number of hydrogen-bond donors (Lipinski definition) is 1. The van der Waals surface area contributed by atoms with Crippen LogP contribution in [-0.4, -0.2) is 49.6 Å². The summed E-state index contributed by atoms with van der Waals surface area (Å²) in [5.41, 5.74) is 1.85. The molecule has 3 heterocycles. The second kappa shape index (κ2) is 5.52. The highest BCUT2D eigenvalue weighted by Crippen LogP contribution is 2.56. The molecule has 0 aromatic carbocycles. The van der Waals surface area contributed by atoms with E-state index in [4.69, 9.17) is 0 Å². The lowest BCUT2D eigenvalue weighted by Gasteiger charge is -2.58. The molecule has 3 aliphatic rings. The van der Waals surface area contributed by atoms with Crippen LogP contribution < -0.4 is 5.56 Å². The molecule has 1 amide bonds. The minimum atomic E-state index is -2.59. The highest BCUT2D eigenvalue weighted by atomic mass is 19.3. The minimum Gasteiger partial charge on any atom is -0.337 e. The van der Waals surface area contributed by atoms with E-state index in [1.54, 1.807) is 11.8 Å². The second-order valence-electron chi connectivity index (χ2n) is 9.76. The summed E-state index contributed by atoms with van der Waals surface area (Å²) in [7, 11) is 0. The Morgan fingerprint density at radius 3 is 2.55 bits per heavy atom. The number of nitrogens with zero attached hydrogens (tertiary/aromatic N) is 4. The number of nitrogens with one attached hydrogen (secondary N) is 1. The van der Waals surface area contributed by atoms with Crippen LogP contribution in [0.2, 0.25) is 0 Å². The van der Waals surface area contributed by atoms with Crippen LogP contribution in [0.5, 0.6) is 0 Å². The van der Waals surface area contributed by atoms with E-state index in [1.165, 1.54) is 10.9 Å². The largest absolute Gasteiger partial charge is 0.337 e. The first-order valence-electron chi connectivity index (χ1n) is 9.82. The van der Waals surface area contributed by atoms with Gasteiger partial charge in [-0.15, -0.1) is 0 Å². The molecular formula is C20H23F2N5O2. The van der Waals surface area contributed by atoms with Crippen molar-refractivity contribution < 1.29 is 13.6 Å². The number of amides is 1. The van der Waals surface area contributed by atoms with Gasteiger partial charge >= 0.3 is 0 Å². The predicted octanol–water partition coefficient (Wildman–Crippen LogP) is 2.26. The molecule has 1 saturated heterocycles. The maximum atomic E-state index is 13.2. The average Bonchev–Trinajstić information content (AvgIpc) is 3.08. The molecule has 1 aliphatic heterocycles. The van der Waals surface area contributed by atoms with E-state index in [0.29, 0.717) is 48.7 Å². The average molecular weight is 403 g/mol. The zero-order chi connectivity index (χ0) is 20.8. The van der Waals surface area contributed by atoms with E-state index in [1.807, 2.05) is 0 Å². The molecule has 5 rings (SSSR count). The molecule has 0 radical (unpaired) electrons. The standard InChI is InChI=1S/C20H23F2N5O2/c1-11-13(16(29)26-9-19(10-26)7-20(21,22)8-19)6-23-27(11)17-24-14-5-18(2,3)4-12(14)15(28)25-17/h6H,4-5,7-10H2,1-3H3,(H,24,25,28). The highest BCUT2D eigenvalue weighted by Gasteiger charge is 2.62. The third-order valence-corrected chi connectivity index (χ3v) is 6.44. The number of fused-ring (bicyclic) bond motifs is 1. The van der Waals surface area contributed by atoms with Crippen LogP contribution in [0.15, 0.2) is 11.0 Å².